The second kappa shape index (κ2) is 9.01. The molecule has 6 heteroatoms. The molecule has 0 aliphatic carbocycles. The van der Waals surface area contributed by atoms with Crippen LogP contribution in [0.3, 0.4) is 0 Å². The Morgan fingerprint density at radius 2 is 1.90 bits per heavy atom. The predicted octanol–water partition coefficient (Wildman–Crippen LogP) is 4.00. The van der Waals surface area contributed by atoms with Crippen LogP contribution in [0.1, 0.15) is 43.4 Å². The fourth-order valence-corrected chi connectivity index (χ4v) is 3.85. The first kappa shape index (κ1) is 19.3. The monoisotopic (exact) mass is 389 g/mol. The van der Waals surface area contributed by atoms with Gasteiger partial charge in [0.2, 0.25) is 5.91 Å². The zero-order valence-corrected chi connectivity index (χ0v) is 16.8. The molecule has 2 heterocycles. The number of likely N-dealkylation sites (tertiary alicyclic amines) is 1. The molecule has 1 fully saturated rings. The SMILES string of the molecule is CCC(=O)Nc1cccc(C2CCN(Cc3cn(-c4ccccc4)nn3)CC2)c1. The molecule has 0 atom stereocenters. The molecule has 1 aliphatic rings. The molecule has 1 amide bonds. The third kappa shape index (κ3) is 4.90. The van der Waals surface area contributed by atoms with Crippen molar-refractivity contribution in [2.45, 2.75) is 38.6 Å². The van der Waals surface area contributed by atoms with Gasteiger partial charge in [-0.1, -0.05) is 42.5 Å². The lowest BCUT2D eigenvalue weighted by molar-refractivity contribution is -0.115. The van der Waals surface area contributed by atoms with Gasteiger partial charge in [0.1, 0.15) is 0 Å². The van der Waals surface area contributed by atoms with Crippen molar-refractivity contribution in [3.63, 3.8) is 0 Å². The van der Waals surface area contributed by atoms with Gasteiger partial charge in [-0.25, -0.2) is 4.68 Å². The van der Waals surface area contributed by atoms with Crippen LogP contribution in [-0.2, 0) is 11.3 Å². The molecule has 6 nitrogen and oxygen atoms in total. The normalized spacial score (nSPS) is 15.3. The first-order valence-electron chi connectivity index (χ1n) is 10.3. The maximum absolute atomic E-state index is 11.6. The molecule has 0 saturated carbocycles. The standard InChI is InChI=1S/C23H27N5O/c1-2-23(29)24-20-8-6-7-19(15-20)18-11-13-27(14-12-18)16-21-17-28(26-25-21)22-9-4-3-5-10-22/h3-10,15,17-18H,2,11-14,16H2,1H3,(H,24,29). The largest absolute Gasteiger partial charge is 0.326 e. The molecule has 0 bridgehead atoms. The molecule has 29 heavy (non-hydrogen) atoms. The van der Waals surface area contributed by atoms with Crippen molar-refractivity contribution < 1.29 is 4.79 Å². The summed E-state index contributed by atoms with van der Waals surface area (Å²) in [5, 5.41) is 11.6. The Kier molecular flexibility index (Phi) is 6.00. The summed E-state index contributed by atoms with van der Waals surface area (Å²) >= 11 is 0. The van der Waals surface area contributed by atoms with E-state index in [0.717, 1.165) is 49.5 Å². The van der Waals surface area contributed by atoms with E-state index in [1.165, 1.54) is 5.56 Å². The van der Waals surface area contributed by atoms with Crippen molar-refractivity contribution in [2.24, 2.45) is 0 Å². The van der Waals surface area contributed by atoms with Crippen LogP contribution in [0.5, 0.6) is 0 Å². The number of rotatable bonds is 6. The second-order valence-electron chi connectivity index (χ2n) is 7.57. The van der Waals surface area contributed by atoms with E-state index in [4.69, 9.17) is 0 Å². The van der Waals surface area contributed by atoms with E-state index >= 15 is 0 Å². The fraction of sp³-hybridized carbons (Fsp3) is 0.348. The quantitative estimate of drug-likeness (QED) is 0.692. The number of carbonyl (C=O) groups is 1. The summed E-state index contributed by atoms with van der Waals surface area (Å²) in [7, 11) is 0. The first-order chi connectivity index (χ1) is 14.2. The van der Waals surface area contributed by atoms with E-state index in [9.17, 15) is 4.79 Å². The van der Waals surface area contributed by atoms with Crippen LogP contribution in [0.4, 0.5) is 5.69 Å². The van der Waals surface area contributed by atoms with Crippen LogP contribution in [0.25, 0.3) is 5.69 Å². The number of amides is 1. The van der Waals surface area contributed by atoms with Crippen LogP contribution in [0, 0.1) is 0 Å². The lowest BCUT2D eigenvalue weighted by atomic mass is 9.89. The van der Waals surface area contributed by atoms with Gasteiger partial charge in [0.25, 0.3) is 0 Å². The highest BCUT2D eigenvalue weighted by Crippen LogP contribution is 2.30. The molecular formula is C23H27N5O. The minimum atomic E-state index is 0.0560. The van der Waals surface area contributed by atoms with Gasteiger partial charge in [-0.3, -0.25) is 9.69 Å². The van der Waals surface area contributed by atoms with Gasteiger partial charge in [0.15, 0.2) is 0 Å². The third-order valence-electron chi connectivity index (χ3n) is 5.50. The van der Waals surface area contributed by atoms with Gasteiger partial charge in [-0.2, -0.15) is 0 Å². The van der Waals surface area contributed by atoms with E-state index in [1.54, 1.807) is 0 Å². The van der Waals surface area contributed by atoms with E-state index in [-0.39, 0.29) is 5.91 Å². The molecule has 150 valence electrons. The van der Waals surface area contributed by atoms with Crippen molar-refractivity contribution >= 4 is 11.6 Å². The number of hydrogen-bond donors (Lipinski definition) is 1. The number of carbonyl (C=O) groups excluding carboxylic acids is 1. The summed E-state index contributed by atoms with van der Waals surface area (Å²) < 4.78 is 1.83. The molecule has 1 N–H and O–H groups in total. The maximum atomic E-state index is 11.6. The average molecular weight is 390 g/mol. The van der Waals surface area contributed by atoms with Gasteiger partial charge in [0, 0.05) is 18.7 Å². The number of nitrogens with one attached hydrogen (secondary N) is 1. The molecule has 1 aromatic heterocycles. The van der Waals surface area contributed by atoms with Crippen LogP contribution < -0.4 is 5.32 Å². The Balaban J connectivity index is 1.33. The first-order valence-corrected chi connectivity index (χ1v) is 10.3. The van der Waals surface area contributed by atoms with E-state index in [2.05, 4.69) is 32.7 Å². The van der Waals surface area contributed by atoms with Crippen LogP contribution in [0.2, 0.25) is 0 Å². The van der Waals surface area contributed by atoms with E-state index < -0.39 is 0 Å². The fourth-order valence-electron chi connectivity index (χ4n) is 3.85. The van der Waals surface area contributed by atoms with Crippen molar-refractivity contribution in [3.05, 3.63) is 72.1 Å². The number of nitrogens with zero attached hydrogens (tertiary/aromatic N) is 4. The molecule has 4 rings (SSSR count). The number of para-hydroxylation sites is 1. The van der Waals surface area contributed by atoms with Crippen molar-refractivity contribution in [3.8, 4) is 5.69 Å². The zero-order valence-electron chi connectivity index (χ0n) is 16.8. The molecule has 3 aromatic rings. The highest BCUT2D eigenvalue weighted by molar-refractivity contribution is 5.90. The Morgan fingerprint density at radius 3 is 2.66 bits per heavy atom. The second-order valence-corrected chi connectivity index (χ2v) is 7.57. The average Bonchev–Trinajstić information content (AvgIpc) is 3.23. The number of piperidine rings is 1. The van der Waals surface area contributed by atoms with Crippen LogP contribution in [-0.4, -0.2) is 38.9 Å². The minimum Gasteiger partial charge on any atom is -0.326 e. The third-order valence-corrected chi connectivity index (χ3v) is 5.50. The van der Waals surface area contributed by atoms with Crippen LogP contribution in [0.15, 0.2) is 60.8 Å². The topological polar surface area (TPSA) is 63.1 Å². The number of benzene rings is 2. The summed E-state index contributed by atoms with van der Waals surface area (Å²) in [4.78, 5) is 14.1. The summed E-state index contributed by atoms with van der Waals surface area (Å²) in [6.07, 6.45) is 4.73. The molecule has 0 spiro atoms. The smallest absolute Gasteiger partial charge is 0.224 e. The Bertz CT molecular complexity index is 945. The molecule has 0 radical (unpaired) electrons. The molecule has 0 unspecified atom stereocenters. The van der Waals surface area contributed by atoms with Crippen molar-refractivity contribution in [2.75, 3.05) is 18.4 Å². The van der Waals surface area contributed by atoms with Gasteiger partial charge in [-0.15, -0.1) is 5.10 Å². The summed E-state index contributed by atoms with van der Waals surface area (Å²) in [5.74, 6) is 0.588. The van der Waals surface area contributed by atoms with Crippen molar-refractivity contribution in [1.29, 1.82) is 0 Å². The van der Waals surface area contributed by atoms with Crippen molar-refractivity contribution in [1.82, 2.24) is 19.9 Å². The highest BCUT2D eigenvalue weighted by Gasteiger charge is 2.21. The number of hydrogen-bond acceptors (Lipinski definition) is 4. The van der Waals surface area contributed by atoms with E-state index in [0.29, 0.717) is 12.3 Å². The lowest BCUT2D eigenvalue weighted by Crippen LogP contribution is -2.32. The molecular weight excluding hydrogens is 362 g/mol. The molecule has 1 aliphatic heterocycles. The minimum absolute atomic E-state index is 0.0560. The highest BCUT2D eigenvalue weighted by atomic mass is 16.1. The lowest BCUT2D eigenvalue weighted by Gasteiger charge is -2.31. The van der Waals surface area contributed by atoms with Crippen LogP contribution >= 0.6 is 0 Å². The van der Waals surface area contributed by atoms with E-state index in [1.807, 2.05) is 60.3 Å². The maximum Gasteiger partial charge on any atom is 0.224 e. The van der Waals surface area contributed by atoms with Gasteiger partial charge >= 0.3 is 0 Å². The molecule has 1 saturated heterocycles. The zero-order chi connectivity index (χ0) is 20.1. The molecule has 2 aromatic carbocycles. The van der Waals surface area contributed by atoms with Gasteiger partial charge in [0.05, 0.1) is 17.6 Å². The Morgan fingerprint density at radius 1 is 1.10 bits per heavy atom. The van der Waals surface area contributed by atoms with Gasteiger partial charge in [-0.05, 0) is 61.7 Å². The summed E-state index contributed by atoms with van der Waals surface area (Å²) in [5.41, 5.74) is 4.24. The Labute approximate surface area is 171 Å². The number of anilines is 1. The Hall–Kier alpha value is -2.99. The predicted molar refractivity (Wildman–Crippen MR) is 114 cm³/mol. The summed E-state index contributed by atoms with van der Waals surface area (Å²) in [6.45, 7) is 4.77. The van der Waals surface area contributed by atoms with Gasteiger partial charge < -0.3 is 5.32 Å². The summed E-state index contributed by atoms with van der Waals surface area (Å²) in [6, 6.07) is 18.4. The number of aromatic nitrogens is 3.